The van der Waals surface area contributed by atoms with Crippen molar-refractivity contribution in [1.29, 1.82) is 126 Å². The van der Waals surface area contributed by atoms with E-state index in [-0.39, 0.29) is 191 Å². The second-order valence-electron chi connectivity index (χ2n) is 0. The Morgan fingerprint density at radius 2 is 0.103 bits per heavy atom. The Kier molecular flexibility index (Phi) is 24100. The minimum absolute atomic E-state index is 0. The third kappa shape index (κ3) is 3130. The van der Waals surface area contributed by atoms with Crippen LogP contribution >= 0.6 is 0 Å². The topological polar surface area (TPSA) is 571 Å². The van der Waals surface area contributed by atoms with Crippen molar-refractivity contribution in [3.8, 4) is 0 Å². The minimum Gasteiger partial charge on any atom is -0.512 e. The van der Waals surface area contributed by atoms with Crippen LogP contribution in [0.4, 0.5) is 0 Å². The fourth-order valence-corrected chi connectivity index (χ4v) is 0. The van der Waals surface area contributed by atoms with Gasteiger partial charge in [-0.15, -0.1) is 0 Å². The van der Waals surface area contributed by atoms with Crippen LogP contribution in [0.3, 0.4) is 0 Å². The number of hydrogen-bond donors (Lipinski definition) is 0. The van der Waals surface area contributed by atoms with Gasteiger partial charge in [-0.1, -0.05) is 0 Å². The summed E-state index contributed by atoms with van der Waals surface area (Å²) in [7, 11) is 0. The van der Waals surface area contributed by atoms with E-state index in [2.05, 4.69) is 0 Å². The molecule has 0 N–H and O–H groups in total. The molecule has 24 nitrogen and oxygen atoms in total. The molecular formula is C24Fe2Ir2N24Zn6. The molecule has 0 amide bonds. The van der Waals surface area contributed by atoms with E-state index in [1.165, 1.54) is 0 Å². The van der Waals surface area contributed by atoms with E-state index >= 15 is 0 Å². The average molecular weight is 1510 g/mol. The van der Waals surface area contributed by atoms with Crippen molar-refractivity contribution in [2.45, 2.75) is 0 Å². The molecule has 0 bridgehead atoms. The van der Waals surface area contributed by atoms with Gasteiger partial charge in [0.15, 0.2) is 0 Å². The Labute approximate surface area is 469 Å². The average Bonchev–Trinajstić information content (AvgIpc) is 3.34. The maximum Gasteiger partial charge on any atom is 3.00 e. The minimum atomic E-state index is 0. The molecule has 58 heavy (non-hydrogen) atoms. The van der Waals surface area contributed by atoms with E-state index < -0.39 is 0 Å². The van der Waals surface area contributed by atoms with Gasteiger partial charge in [-0.25, -0.2) is 0 Å². The van der Waals surface area contributed by atoms with Gasteiger partial charge in [-0.3, -0.25) is 0 Å². The second-order valence-corrected chi connectivity index (χ2v) is 0. The van der Waals surface area contributed by atoms with E-state index in [1.807, 2.05) is 0 Å². The summed E-state index contributed by atoms with van der Waals surface area (Å²) in [5.41, 5.74) is 0. The zero-order chi connectivity index (χ0) is 48.0. The summed E-state index contributed by atoms with van der Waals surface area (Å²) in [6, 6.07) is 0. The maximum absolute atomic E-state index is 6.25. The van der Waals surface area contributed by atoms with Gasteiger partial charge in [0.1, 0.15) is 0 Å². The molecule has 0 aliphatic rings. The third-order valence-electron chi connectivity index (χ3n) is 0. The van der Waals surface area contributed by atoms with Crippen LogP contribution in [0.1, 0.15) is 0 Å². The summed E-state index contributed by atoms with van der Waals surface area (Å²) in [6.45, 7) is 114. The summed E-state index contributed by atoms with van der Waals surface area (Å²) in [4.78, 5) is 0. The van der Waals surface area contributed by atoms with E-state index in [0.29, 0.717) is 0 Å². The first-order valence-electron chi connectivity index (χ1n) is 5.37. The van der Waals surface area contributed by atoms with Crippen molar-refractivity contribution < 1.29 is 191 Å². The van der Waals surface area contributed by atoms with Crippen LogP contribution in [-0.4, -0.2) is 0 Å². The predicted molar refractivity (Wildman–Crippen MR) is 119 cm³/mol. The smallest absolute Gasteiger partial charge is 0.512 e. The van der Waals surface area contributed by atoms with Gasteiger partial charge in [-0.05, 0) is 0 Å². The Balaban J connectivity index is -0.00000000321. The summed E-state index contributed by atoms with van der Waals surface area (Å²) in [5.74, 6) is 0. The molecule has 262 valence electrons. The van der Waals surface area contributed by atoms with Gasteiger partial charge in [0.25, 0.3) is 0 Å². The van der Waals surface area contributed by atoms with Gasteiger partial charge in [0.2, 0.25) is 0 Å². The van der Waals surface area contributed by atoms with Gasteiger partial charge < -0.3 is 284 Å². The van der Waals surface area contributed by atoms with E-state index in [0.717, 1.165) is 0 Å². The van der Waals surface area contributed by atoms with E-state index in [4.69, 9.17) is 284 Å². The molecule has 0 saturated heterocycles. The van der Waals surface area contributed by atoms with Crippen LogP contribution in [0.25, 0.3) is 0 Å². The molecular weight excluding hydrogens is 1510 g/mol. The molecule has 0 aliphatic heterocycles. The first kappa shape index (κ1) is 421. The molecule has 0 unspecified atom stereocenters. The molecule has 0 aromatic heterocycles. The zero-order valence-electron chi connectivity index (χ0n) is 28.3. The first-order chi connectivity index (χ1) is 24.0. The van der Waals surface area contributed by atoms with Gasteiger partial charge in [-0.2, -0.15) is 0 Å². The van der Waals surface area contributed by atoms with Crippen LogP contribution in [0, 0.1) is 284 Å². The Morgan fingerprint density at radius 3 is 0.103 bits per heavy atom. The standard InChI is InChI=1S/24CN.2Fe.2Ir.6Zn/c24*1-2;;;;;;;;;;/q24*-1;4*+3;6*+2. The van der Waals surface area contributed by atoms with Gasteiger partial charge in [0, 0.05) is 0 Å². The van der Waals surface area contributed by atoms with E-state index in [1.54, 1.807) is 0 Å². The van der Waals surface area contributed by atoms with Crippen LogP contribution in [0.5, 0.6) is 0 Å². The van der Waals surface area contributed by atoms with Crippen LogP contribution in [0.2, 0.25) is 0 Å². The van der Waals surface area contributed by atoms with Crippen LogP contribution in [0.15, 0.2) is 0 Å². The van der Waals surface area contributed by atoms with Gasteiger partial charge >= 0.3 is 191 Å². The second kappa shape index (κ2) is 3330. The predicted octanol–water partition coefficient (Wildman–Crippen LogP) is 2.29. The zero-order valence-corrected chi connectivity index (χ0v) is 53.2. The largest absolute Gasteiger partial charge is 3.00 e. The summed E-state index contributed by atoms with van der Waals surface area (Å²) < 4.78 is 0. The molecule has 0 fully saturated rings. The maximum atomic E-state index is 6.25. The fraction of sp³-hybridized carbons (Fsp3) is 0. The Morgan fingerprint density at radius 1 is 0.103 bits per heavy atom. The fourth-order valence-electron chi connectivity index (χ4n) is 0. The van der Waals surface area contributed by atoms with E-state index in [9.17, 15) is 0 Å². The van der Waals surface area contributed by atoms with Crippen molar-refractivity contribution >= 4 is 0 Å². The molecule has 0 aromatic rings. The van der Waals surface area contributed by atoms with Crippen molar-refractivity contribution in [2.24, 2.45) is 0 Å². The SMILES string of the molecule is [C-]#N.[C-]#N.[C-]#N.[C-]#N.[C-]#N.[C-]#N.[C-]#N.[C-]#N.[C-]#N.[C-]#N.[C-]#N.[C-]#N.[C-]#N.[C-]#N.[C-]#N.[C-]#N.[C-]#N.[C-]#N.[C-]#N.[C-]#N.[C-]#N.[C-]#N.[C-]#N.[C-]#N.[Fe+3].[Fe+3].[Ir+3].[Ir+3].[Zn+2].[Zn+2].[Zn+2].[Zn+2].[Zn+2].[Zn+2]. The van der Waals surface area contributed by atoms with Crippen molar-refractivity contribution in [3.63, 3.8) is 0 Å². The molecule has 0 aromatic carbocycles. The molecule has 0 rings (SSSR count). The summed E-state index contributed by atoms with van der Waals surface area (Å²) in [5, 5.41) is 150. The molecule has 34 heteroatoms. The molecule has 2 radical (unpaired) electrons. The number of nitrogens with zero attached hydrogens (tertiary/aromatic N) is 24. The molecule has 0 saturated carbocycles. The summed E-state index contributed by atoms with van der Waals surface area (Å²) >= 11 is 0. The Hall–Kier alpha value is -6.16. The van der Waals surface area contributed by atoms with Crippen LogP contribution in [-0.2, 0) is 191 Å². The monoisotopic (exact) mass is 1510 g/mol. The van der Waals surface area contributed by atoms with Gasteiger partial charge in [0.05, 0.1) is 0 Å². The third-order valence-corrected chi connectivity index (χ3v) is 0. The number of rotatable bonds is 0. The molecule has 0 aliphatic carbocycles. The Bertz CT molecular complexity index is 544. The normalized spacial score (nSPS) is 0.828. The van der Waals surface area contributed by atoms with Crippen molar-refractivity contribution in [1.82, 2.24) is 0 Å². The number of hydrogen-bond acceptors (Lipinski definition) is 24. The van der Waals surface area contributed by atoms with Crippen molar-refractivity contribution in [2.75, 3.05) is 0 Å². The molecule has 0 atom stereocenters. The molecule has 0 heterocycles. The molecule has 0 spiro atoms. The van der Waals surface area contributed by atoms with Crippen LogP contribution < -0.4 is 0 Å². The first-order valence-corrected chi connectivity index (χ1v) is 5.37. The summed E-state index contributed by atoms with van der Waals surface area (Å²) in [6.07, 6.45) is 0. The quantitative estimate of drug-likeness (QED) is 0.248. The van der Waals surface area contributed by atoms with Crippen molar-refractivity contribution in [3.05, 3.63) is 158 Å².